The first-order valence-electron chi connectivity index (χ1n) is 10.6. The number of hydrogen-bond donors (Lipinski definition) is 0. The molecule has 0 bridgehead atoms. The molecule has 3 heterocycles. The number of hydrogen-bond acceptors (Lipinski definition) is 9. The second-order valence-corrected chi connectivity index (χ2v) is 8.43. The Morgan fingerprint density at radius 1 is 0.971 bits per heavy atom. The van der Waals surface area contributed by atoms with Gasteiger partial charge in [-0.05, 0) is 24.6 Å². The lowest BCUT2D eigenvalue weighted by atomic mass is 9.86. The minimum Gasteiger partial charge on any atom is -0.292 e. The molecule has 2 fully saturated rings. The third-order valence-electron chi connectivity index (χ3n) is 6.53. The number of carbonyl (C=O) groups excluding carboxylic acids is 3. The summed E-state index contributed by atoms with van der Waals surface area (Å²) >= 11 is 0. The van der Waals surface area contributed by atoms with Gasteiger partial charge in [0, 0.05) is 36.0 Å². The van der Waals surface area contributed by atoms with Crippen molar-refractivity contribution in [3.05, 3.63) is 86.0 Å². The zero-order valence-corrected chi connectivity index (χ0v) is 18.2. The summed E-state index contributed by atoms with van der Waals surface area (Å²) in [6, 6.07) is 7.17. The predicted molar refractivity (Wildman–Crippen MR) is 122 cm³/mol. The highest BCUT2D eigenvalue weighted by atomic mass is 16.6. The topological polar surface area (TPSA) is 156 Å². The van der Waals surface area contributed by atoms with E-state index in [0.717, 1.165) is 11.0 Å². The molecule has 4 atom stereocenters. The first kappa shape index (κ1) is 22.1. The third kappa shape index (κ3) is 3.29. The standard InChI is InChI=1S/C23H17N5O7/c1-12-10-15(28(34)35)7-8-16(12)25-22(30)18-17-6-3-9-24-26(17)20(19(18)23(25)31)21(29)13-4-2-5-14(11-13)27(32)33/h2-11,17-20H,1H3/t17-,18+,19-,20+/m1/s1. The summed E-state index contributed by atoms with van der Waals surface area (Å²) < 4.78 is 0. The summed E-state index contributed by atoms with van der Waals surface area (Å²) in [5, 5.41) is 28.0. The number of aryl methyl sites for hydroxylation is 1. The maximum absolute atomic E-state index is 13.6. The van der Waals surface area contributed by atoms with Crippen molar-refractivity contribution in [2.45, 2.75) is 19.0 Å². The largest absolute Gasteiger partial charge is 0.292 e. The second kappa shape index (κ2) is 7.94. The number of allylic oxidation sites excluding steroid dienone is 1. The van der Waals surface area contributed by atoms with E-state index in [9.17, 15) is 34.6 Å². The average molecular weight is 475 g/mol. The maximum atomic E-state index is 13.6. The molecule has 0 radical (unpaired) electrons. The summed E-state index contributed by atoms with van der Waals surface area (Å²) in [6.45, 7) is 1.56. The number of non-ortho nitro benzene ring substituents is 2. The fourth-order valence-corrected chi connectivity index (χ4v) is 5.02. The van der Waals surface area contributed by atoms with Crippen LogP contribution in [0.2, 0.25) is 0 Å². The number of Topliss-reactive ketones (excluding diaryl/α,β-unsaturated/α-hetero) is 1. The van der Waals surface area contributed by atoms with Crippen LogP contribution in [0, 0.1) is 39.0 Å². The van der Waals surface area contributed by atoms with E-state index in [1.54, 1.807) is 19.1 Å². The molecule has 2 aromatic carbocycles. The van der Waals surface area contributed by atoms with Crippen LogP contribution in [0.15, 0.2) is 59.7 Å². The average Bonchev–Trinajstić information content (AvgIpc) is 3.31. The molecule has 3 aliphatic heterocycles. The van der Waals surface area contributed by atoms with Gasteiger partial charge in [-0.25, -0.2) is 4.90 Å². The van der Waals surface area contributed by atoms with Gasteiger partial charge in [-0.15, -0.1) is 0 Å². The molecule has 12 heteroatoms. The van der Waals surface area contributed by atoms with Gasteiger partial charge in [0.05, 0.1) is 33.4 Å². The Kier molecular flexibility index (Phi) is 5.01. The number of nitro benzene ring substituents is 2. The smallest absolute Gasteiger partial charge is 0.270 e. The van der Waals surface area contributed by atoms with Crippen molar-refractivity contribution in [3.63, 3.8) is 0 Å². The van der Waals surface area contributed by atoms with Gasteiger partial charge in [-0.2, -0.15) is 5.10 Å². The van der Waals surface area contributed by atoms with Crippen LogP contribution < -0.4 is 4.90 Å². The molecule has 0 saturated carbocycles. The lowest BCUT2D eigenvalue weighted by molar-refractivity contribution is -0.385. The molecule has 2 saturated heterocycles. The number of imide groups is 1. The number of ketones is 1. The zero-order valence-electron chi connectivity index (χ0n) is 18.2. The van der Waals surface area contributed by atoms with E-state index < -0.39 is 51.4 Å². The van der Waals surface area contributed by atoms with Gasteiger partial charge in [-0.3, -0.25) is 39.6 Å². The molecule has 3 aliphatic rings. The Morgan fingerprint density at radius 3 is 2.34 bits per heavy atom. The van der Waals surface area contributed by atoms with Crippen LogP contribution in [0.5, 0.6) is 0 Å². The molecule has 176 valence electrons. The lowest BCUT2D eigenvalue weighted by Gasteiger charge is -2.30. The summed E-state index contributed by atoms with van der Waals surface area (Å²) in [5.74, 6) is -3.74. The molecule has 2 amide bonds. The number of amides is 2. The third-order valence-corrected chi connectivity index (χ3v) is 6.53. The van der Waals surface area contributed by atoms with E-state index in [4.69, 9.17) is 0 Å². The number of fused-ring (bicyclic) bond motifs is 3. The fourth-order valence-electron chi connectivity index (χ4n) is 5.02. The van der Waals surface area contributed by atoms with Crippen LogP contribution in [0.25, 0.3) is 0 Å². The quantitative estimate of drug-likeness (QED) is 0.276. The minimum absolute atomic E-state index is 0.0265. The van der Waals surface area contributed by atoms with Crippen molar-refractivity contribution >= 4 is 40.9 Å². The van der Waals surface area contributed by atoms with E-state index >= 15 is 0 Å². The first-order valence-corrected chi connectivity index (χ1v) is 10.6. The summed E-state index contributed by atoms with van der Waals surface area (Å²) in [5.41, 5.74) is 0.132. The molecule has 12 nitrogen and oxygen atoms in total. The van der Waals surface area contributed by atoms with E-state index in [0.29, 0.717) is 5.56 Å². The van der Waals surface area contributed by atoms with Crippen molar-refractivity contribution in [2.75, 3.05) is 4.90 Å². The van der Waals surface area contributed by atoms with Crippen LogP contribution in [-0.2, 0) is 9.59 Å². The monoisotopic (exact) mass is 475 g/mol. The van der Waals surface area contributed by atoms with Crippen molar-refractivity contribution in [3.8, 4) is 0 Å². The number of nitro groups is 2. The van der Waals surface area contributed by atoms with E-state index in [1.165, 1.54) is 47.6 Å². The molecular weight excluding hydrogens is 458 g/mol. The number of rotatable bonds is 5. The van der Waals surface area contributed by atoms with Crippen molar-refractivity contribution in [1.82, 2.24) is 5.01 Å². The highest BCUT2D eigenvalue weighted by Gasteiger charge is 2.64. The Bertz CT molecular complexity index is 1380. The van der Waals surface area contributed by atoms with Gasteiger partial charge in [0.15, 0.2) is 5.78 Å². The fraction of sp³-hybridized carbons (Fsp3) is 0.217. The van der Waals surface area contributed by atoms with Gasteiger partial charge < -0.3 is 0 Å². The van der Waals surface area contributed by atoms with Gasteiger partial charge in [-0.1, -0.05) is 18.2 Å². The van der Waals surface area contributed by atoms with E-state index in [2.05, 4.69) is 5.10 Å². The molecule has 0 aliphatic carbocycles. The maximum Gasteiger partial charge on any atom is 0.270 e. The number of anilines is 1. The number of nitrogens with zero attached hydrogens (tertiary/aromatic N) is 5. The van der Waals surface area contributed by atoms with Gasteiger partial charge >= 0.3 is 0 Å². The van der Waals surface area contributed by atoms with Crippen LogP contribution >= 0.6 is 0 Å². The Labute approximate surface area is 197 Å². The number of benzene rings is 2. The lowest BCUT2D eigenvalue weighted by Crippen LogP contribution is -2.46. The van der Waals surface area contributed by atoms with E-state index in [1.807, 2.05) is 0 Å². The van der Waals surface area contributed by atoms with Gasteiger partial charge in [0.2, 0.25) is 11.8 Å². The van der Waals surface area contributed by atoms with E-state index in [-0.39, 0.29) is 22.6 Å². The summed E-state index contributed by atoms with van der Waals surface area (Å²) in [7, 11) is 0. The van der Waals surface area contributed by atoms with Crippen molar-refractivity contribution in [2.24, 2.45) is 16.9 Å². The van der Waals surface area contributed by atoms with Crippen LogP contribution in [0.1, 0.15) is 15.9 Å². The van der Waals surface area contributed by atoms with Crippen LogP contribution in [0.3, 0.4) is 0 Å². The number of hydrazone groups is 1. The molecule has 5 rings (SSSR count). The highest BCUT2D eigenvalue weighted by Crippen LogP contribution is 2.47. The predicted octanol–water partition coefficient (Wildman–Crippen LogP) is 2.41. The Balaban J connectivity index is 1.57. The van der Waals surface area contributed by atoms with Crippen molar-refractivity contribution in [1.29, 1.82) is 0 Å². The van der Waals surface area contributed by atoms with Crippen molar-refractivity contribution < 1.29 is 24.2 Å². The zero-order chi connectivity index (χ0) is 25.0. The molecule has 2 aromatic rings. The molecule has 35 heavy (non-hydrogen) atoms. The molecule has 0 N–H and O–H groups in total. The minimum atomic E-state index is -1.16. The normalized spacial score (nSPS) is 24.5. The molecule has 0 unspecified atom stereocenters. The molecular formula is C23H17N5O7. The van der Waals surface area contributed by atoms with Gasteiger partial charge in [0.25, 0.3) is 11.4 Å². The Morgan fingerprint density at radius 2 is 1.66 bits per heavy atom. The molecule has 0 aromatic heterocycles. The van der Waals surface area contributed by atoms with Gasteiger partial charge in [0.1, 0.15) is 6.04 Å². The van der Waals surface area contributed by atoms with Crippen LogP contribution in [0.4, 0.5) is 17.1 Å². The van der Waals surface area contributed by atoms with Crippen LogP contribution in [-0.4, -0.2) is 50.8 Å². The first-order chi connectivity index (χ1) is 16.7. The number of carbonyl (C=O) groups is 3. The Hall–Kier alpha value is -4.74. The second-order valence-electron chi connectivity index (χ2n) is 8.43. The molecule has 0 spiro atoms. The summed E-state index contributed by atoms with van der Waals surface area (Å²) in [6.07, 6.45) is 4.75. The SMILES string of the molecule is Cc1cc([N+](=O)[O-])ccc1N1C(=O)[C@@H]2[C@@H](C1=O)[C@@H](C(=O)c1cccc([N+](=O)[O-])c1)N1N=CC=C[C@H]21. The summed E-state index contributed by atoms with van der Waals surface area (Å²) in [4.78, 5) is 62.8. The highest BCUT2D eigenvalue weighted by molar-refractivity contribution is 6.25.